The average Bonchev–Trinajstić information content (AvgIpc) is 3.31. The van der Waals surface area contributed by atoms with Crippen molar-refractivity contribution in [2.75, 3.05) is 5.32 Å². The number of hydrogen-bond acceptors (Lipinski definition) is 7. The zero-order chi connectivity index (χ0) is 21.5. The SMILES string of the molecule is CC(Sc1nnc2c3ccccc3n(C(C)C)c2n1)C(=O)Nc1nc2ccccc2s1. The summed E-state index contributed by atoms with van der Waals surface area (Å²) in [6.45, 7) is 6.07. The molecule has 1 unspecified atom stereocenters. The normalized spacial score (nSPS) is 12.8. The zero-order valence-corrected chi connectivity index (χ0v) is 18.9. The Hall–Kier alpha value is -3.04. The van der Waals surface area contributed by atoms with Gasteiger partial charge < -0.3 is 9.88 Å². The first-order valence-electron chi connectivity index (χ1n) is 9.97. The van der Waals surface area contributed by atoms with E-state index in [0.29, 0.717) is 10.3 Å². The minimum atomic E-state index is -0.400. The van der Waals surface area contributed by atoms with Gasteiger partial charge in [-0.05, 0) is 39.0 Å². The molecule has 0 saturated carbocycles. The van der Waals surface area contributed by atoms with Crippen molar-refractivity contribution in [1.82, 2.24) is 24.7 Å². The van der Waals surface area contributed by atoms with E-state index < -0.39 is 5.25 Å². The van der Waals surface area contributed by atoms with Crippen LogP contribution in [0.15, 0.2) is 53.7 Å². The van der Waals surface area contributed by atoms with Crippen LogP contribution >= 0.6 is 23.1 Å². The second kappa shape index (κ2) is 7.90. The number of nitrogens with zero attached hydrogens (tertiary/aromatic N) is 5. The van der Waals surface area contributed by atoms with Crippen LogP contribution in [0.25, 0.3) is 32.3 Å². The highest BCUT2D eigenvalue weighted by Gasteiger charge is 2.21. The molecule has 2 aromatic carbocycles. The Bertz CT molecular complexity index is 1390. The van der Waals surface area contributed by atoms with Crippen LogP contribution in [0.4, 0.5) is 5.13 Å². The molecule has 0 radical (unpaired) electrons. The summed E-state index contributed by atoms with van der Waals surface area (Å²) in [5, 5.41) is 13.3. The number of nitrogens with one attached hydrogen (secondary N) is 1. The van der Waals surface area contributed by atoms with Gasteiger partial charge in [0.2, 0.25) is 11.1 Å². The number of rotatable bonds is 5. The fourth-order valence-electron chi connectivity index (χ4n) is 3.56. The van der Waals surface area contributed by atoms with Crippen molar-refractivity contribution in [3.8, 4) is 0 Å². The molecule has 3 aromatic heterocycles. The van der Waals surface area contributed by atoms with Gasteiger partial charge in [-0.15, -0.1) is 10.2 Å². The molecule has 7 nitrogen and oxygen atoms in total. The number of carbonyl (C=O) groups excluding carboxylic acids is 1. The van der Waals surface area contributed by atoms with Gasteiger partial charge >= 0.3 is 0 Å². The predicted molar refractivity (Wildman–Crippen MR) is 127 cm³/mol. The second-order valence-electron chi connectivity index (χ2n) is 7.48. The van der Waals surface area contributed by atoms with Crippen molar-refractivity contribution in [3.05, 3.63) is 48.5 Å². The zero-order valence-electron chi connectivity index (χ0n) is 17.2. The molecule has 1 amide bonds. The van der Waals surface area contributed by atoms with Crippen molar-refractivity contribution in [3.63, 3.8) is 0 Å². The van der Waals surface area contributed by atoms with E-state index in [1.165, 1.54) is 23.1 Å². The third-order valence-corrected chi connectivity index (χ3v) is 6.89. The number of hydrogen-bond donors (Lipinski definition) is 1. The number of benzene rings is 2. The summed E-state index contributed by atoms with van der Waals surface area (Å²) >= 11 is 2.75. The topological polar surface area (TPSA) is 85.6 Å². The summed E-state index contributed by atoms with van der Waals surface area (Å²) in [7, 11) is 0. The Balaban J connectivity index is 1.41. The van der Waals surface area contributed by atoms with Crippen molar-refractivity contribution in [1.29, 1.82) is 0 Å². The van der Waals surface area contributed by atoms with Crippen molar-refractivity contribution >= 4 is 66.4 Å². The standard InChI is InChI=1S/C22H20N6OS2/c1-12(2)28-16-10-6-4-8-14(16)18-19(28)24-22(27-26-18)30-13(3)20(29)25-21-23-15-9-5-7-11-17(15)31-21/h4-13H,1-3H3,(H,23,25,29). The number of aromatic nitrogens is 5. The van der Waals surface area contributed by atoms with Gasteiger partial charge in [0.05, 0.1) is 21.0 Å². The Labute approximate surface area is 186 Å². The molecule has 9 heteroatoms. The van der Waals surface area contributed by atoms with E-state index in [1.54, 1.807) is 0 Å². The second-order valence-corrected chi connectivity index (χ2v) is 9.82. The highest BCUT2D eigenvalue weighted by Crippen LogP contribution is 2.31. The van der Waals surface area contributed by atoms with E-state index >= 15 is 0 Å². The molecule has 0 aliphatic heterocycles. The molecule has 3 heterocycles. The predicted octanol–water partition coefficient (Wildman–Crippen LogP) is 5.29. The summed E-state index contributed by atoms with van der Waals surface area (Å²) in [6.07, 6.45) is 0. The van der Waals surface area contributed by atoms with Crippen LogP contribution in [-0.4, -0.2) is 35.9 Å². The Morgan fingerprint density at radius 1 is 1.03 bits per heavy atom. The Kier molecular flexibility index (Phi) is 5.07. The molecular weight excluding hydrogens is 428 g/mol. The lowest BCUT2D eigenvalue weighted by atomic mass is 10.2. The van der Waals surface area contributed by atoms with E-state index in [4.69, 9.17) is 4.98 Å². The highest BCUT2D eigenvalue weighted by molar-refractivity contribution is 8.00. The van der Waals surface area contributed by atoms with Crippen molar-refractivity contribution in [2.24, 2.45) is 0 Å². The summed E-state index contributed by atoms with van der Waals surface area (Å²) in [4.78, 5) is 22.0. The monoisotopic (exact) mass is 448 g/mol. The van der Waals surface area contributed by atoms with E-state index in [2.05, 4.69) is 45.0 Å². The van der Waals surface area contributed by atoms with Gasteiger partial charge in [0, 0.05) is 11.4 Å². The third-order valence-electron chi connectivity index (χ3n) is 4.99. The summed E-state index contributed by atoms with van der Waals surface area (Å²) < 4.78 is 3.20. The molecule has 0 fully saturated rings. The van der Waals surface area contributed by atoms with Crippen LogP contribution in [0.1, 0.15) is 26.8 Å². The molecular formula is C22H20N6OS2. The van der Waals surface area contributed by atoms with Gasteiger partial charge in [0.25, 0.3) is 0 Å². The van der Waals surface area contributed by atoms with Gasteiger partial charge in [-0.2, -0.15) is 0 Å². The van der Waals surface area contributed by atoms with Crippen molar-refractivity contribution < 1.29 is 4.79 Å². The van der Waals surface area contributed by atoms with Gasteiger partial charge in [0.1, 0.15) is 5.52 Å². The fourth-order valence-corrected chi connectivity index (χ4v) is 5.14. The lowest BCUT2D eigenvalue weighted by molar-refractivity contribution is -0.115. The van der Waals surface area contributed by atoms with Crippen LogP contribution in [0.3, 0.4) is 0 Å². The summed E-state index contributed by atoms with van der Waals surface area (Å²) in [5.41, 5.74) is 3.52. The largest absolute Gasteiger partial charge is 0.321 e. The van der Waals surface area contributed by atoms with E-state index in [1.807, 2.05) is 49.4 Å². The Morgan fingerprint density at radius 3 is 2.61 bits per heavy atom. The number of anilines is 1. The quantitative estimate of drug-likeness (QED) is 0.368. The first-order valence-corrected chi connectivity index (χ1v) is 11.7. The molecule has 5 rings (SSSR count). The van der Waals surface area contributed by atoms with Gasteiger partial charge in [-0.1, -0.05) is 53.4 Å². The third kappa shape index (κ3) is 3.64. The molecule has 0 bridgehead atoms. The molecule has 5 aromatic rings. The van der Waals surface area contributed by atoms with Gasteiger partial charge in [-0.25, -0.2) is 9.97 Å². The van der Waals surface area contributed by atoms with Crippen molar-refractivity contribution in [2.45, 2.75) is 37.2 Å². The average molecular weight is 449 g/mol. The van der Waals surface area contributed by atoms with Crippen LogP contribution in [0, 0.1) is 0 Å². The smallest absolute Gasteiger partial charge is 0.239 e. The van der Waals surface area contributed by atoms with Crippen LogP contribution in [0.5, 0.6) is 0 Å². The molecule has 1 N–H and O–H groups in total. The first-order chi connectivity index (χ1) is 15.0. The number of amides is 1. The van der Waals surface area contributed by atoms with Gasteiger partial charge in [-0.3, -0.25) is 4.79 Å². The maximum absolute atomic E-state index is 12.7. The van der Waals surface area contributed by atoms with E-state index in [0.717, 1.165) is 32.3 Å². The number of carbonyl (C=O) groups is 1. The molecule has 0 aliphatic rings. The van der Waals surface area contributed by atoms with E-state index in [-0.39, 0.29) is 11.9 Å². The summed E-state index contributed by atoms with van der Waals surface area (Å²) in [6, 6.07) is 16.1. The number of para-hydroxylation sites is 2. The molecule has 1 atom stereocenters. The minimum absolute atomic E-state index is 0.142. The number of thioether (sulfide) groups is 1. The minimum Gasteiger partial charge on any atom is -0.321 e. The molecule has 31 heavy (non-hydrogen) atoms. The van der Waals surface area contributed by atoms with Crippen LogP contribution in [0.2, 0.25) is 0 Å². The van der Waals surface area contributed by atoms with Crippen LogP contribution in [-0.2, 0) is 4.79 Å². The molecule has 0 aliphatic carbocycles. The maximum atomic E-state index is 12.7. The first kappa shape index (κ1) is 19.9. The van der Waals surface area contributed by atoms with E-state index in [9.17, 15) is 4.79 Å². The number of thiazole rings is 1. The summed E-state index contributed by atoms with van der Waals surface area (Å²) in [5.74, 6) is -0.142. The van der Waals surface area contributed by atoms with Crippen LogP contribution < -0.4 is 5.32 Å². The fraction of sp³-hybridized carbons (Fsp3) is 0.227. The molecule has 156 valence electrons. The van der Waals surface area contributed by atoms with Gasteiger partial charge in [0.15, 0.2) is 10.8 Å². The lowest BCUT2D eigenvalue weighted by Crippen LogP contribution is -2.22. The molecule has 0 spiro atoms. The lowest BCUT2D eigenvalue weighted by Gasteiger charge is -2.11. The molecule has 0 saturated heterocycles. The Morgan fingerprint density at radius 2 is 1.81 bits per heavy atom. The number of fused-ring (bicyclic) bond motifs is 4. The maximum Gasteiger partial charge on any atom is 0.239 e. The highest BCUT2D eigenvalue weighted by atomic mass is 32.2.